The smallest absolute Gasteiger partial charge is 0.308 e. The second kappa shape index (κ2) is 19.9. The number of hydrogen-bond donors (Lipinski definition) is 2. The quantitative estimate of drug-likeness (QED) is 0.265. The third-order valence-electron chi connectivity index (χ3n) is 22.6. The van der Waals surface area contributed by atoms with Crippen LogP contribution in [0.4, 0.5) is 0 Å². The molecule has 17 aliphatic rings. The summed E-state index contributed by atoms with van der Waals surface area (Å²) in [5.41, 5.74) is 2.16. The first kappa shape index (κ1) is 53.7. The predicted molar refractivity (Wildman–Crippen MR) is 276 cm³/mol. The molecule has 17 rings (SSSR count). The van der Waals surface area contributed by atoms with Crippen molar-refractivity contribution in [3.63, 3.8) is 0 Å². The fourth-order valence-electron chi connectivity index (χ4n) is 18.8. The van der Waals surface area contributed by atoms with Gasteiger partial charge in [0.1, 0.15) is 42.7 Å². The highest BCUT2D eigenvalue weighted by molar-refractivity contribution is 5.70. The van der Waals surface area contributed by atoms with E-state index >= 15 is 0 Å². The van der Waals surface area contributed by atoms with Gasteiger partial charge in [-0.3, -0.25) is 4.79 Å². The topological polar surface area (TPSA) is 205 Å². The highest BCUT2D eigenvalue weighted by Gasteiger charge is 2.70. The van der Waals surface area contributed by atoms with Crippen molar-refractivity contribution in [3.05, 3.63) is 24.3 Å². The van der Waals surface area contributed by atoms with E-state index in [4.69, 9.17) is 75.8 Å². The molecule has 12 bridgehead atoms. The lowest BCUT2D eigenvalue weighted by atomic mass is 9.78. The zero-order valence-electron chi connectivity index (χ0n) is 47.0. The van der Waals surface area contributed by atoms with Gasteiger partial charge in [0, 0.05) is 70.1 Å². The van der Waals surface area contributed by atoms with Crippen LogP contribution in [-0.4, -0.2) is 199 Å². The zero-order chi connectivity index (χ0) is 54.3. The molecule has 17 aliphatic heterocycles. The standard InChI is InChI=1S/C61H86O19/c1-26-13-32-7-9-36-27(2)14-34(65-36)11-12-59-23-47-55(79-59)56-57(73-47)58(80-59)54-37(70-56)10-8-33(67-54)15-49(64)74-53-31(6)52-44(69-43(53)16-38(66-32)30(26)5)19-42-46(72-52)22-61(75-42)24-48-51(78-61)29(4)21-60(77-48)20-28(3)50-45(76-60)18-40-41(71-50)17-39(68-40)35(63)25-62/h26,28-29,31-48,50-58,62-63H,2,5,7-25H2,1,3-4,6H3/t26-,28+,29+,31+,32+,33-,34+,35?,36+,37+,38-,39?,40-,41-,42-,43+,44+,45+,46-,47+,48+,50+,51+,52+,53-,54+,55-,56+,57-,58+,59+,60-,61-/m1/s1. The van der Waals surface area contributed by atoms with Crippen molar-refractivity contribution in [2.24, 2.45) is 23.7 Å². The number of ether oxygens (including phenoxy) is 16. The molecule has 3 spiro atoms. The first-order valence-corrected chi connectivity index (χ1v) is 31.4. The summed E-state index contributed by atoms with van der Waals surface area (Å²) in [6.07, 6.45) is 4.03. The molecular formula is C61H86O19. The normalized spacial score (nSPS) is 58.9. The number of fused-ring (bicyclic) bond motifs is 11. The van der Waals surface area contributed by atoms with Crippen LogP contribution in [0.25, 0.3) is 0 Å². The molecule has 2 unspecified atom stereocenters. The van der Waals surface area contributed by atoms with E-state index in [-0.39, 0.29) is 159 Å². The van der Waals surface area contributed by atoms with E-state index in [0.29, 0.717) is 70.6 Å². The molecule has 0 saturated carbocycles. The zero-order valence-corrected chi connectivity index (χ0v) is 47.0. The average molecular weight is 1120 g/mol. The Kier molecular flexibility index (Phi) is 13.4. The third kappa shape index (κ3) is 8.99. The van der Waals surface area contributed by atoms with Gasteiger partial charge in [0.2, 0.25) is 0 Å². The van der Waals surface area contributed by atoms with Crippen LogP contribution in [0.15, 0.2) is 24.3 Å². The molecule has 0 radical (unpaired) electrons. The molecule has 2 N–H and O–H groups in total. The summed E-state index contributed by atoms with van der Waals surface area (Å²) in [5, 5.41) is 20.0. The van der Waals surface area contributed by atoms with Crippen molar-refractivity contribution >= 4 is 5.97 Å². The van der Waals surface area contributed by atoms with Gasteiger partial charge in [-0.1, -0.05) is 40.9 Å². The van der Waals surface area contributed by atoms with Crippen LogP contribution in [0.1, 0.15) is 143 Å². The maximum absolute atomic E-state index is 14.6. The van der Waals surface area contributed by atoms with Crippen LogP contribution in [0.2, 0.25) is 0 Å². The van der Waals surface area contributed by atoms with E-state index in [0.717, 1.165) is 49.7 Å². The Morgan fingerprint density at radius 1 is 0.475 bits per heavy atom. The molecule has 19 heteroatoms. The highest BCUT2D eigenvalue weighted by atomic mass is 16.8. The minimum absolute atomic E-state index is 0.0140. The Labute approximate surface area is 469 Å². The fourth-order valence-corrected chi connectivity index (χ4v) is 18.8. The second-order valence-corrected chi connectivity index (χ2v) is 28.1. The Morgan fingerprint density at radius 2 is 1.12 bits per heavy atom. The number of carbonyl (C=O) groups is 1. The molecule has 0 aromatic heterocycles. The number of carbonyl (C=O) groups excluding carboxylic acids is 1. The van der Waals surface area contributed by atoms with Crippen molar-refractivity contribution in [3.8, 4) is 0 Å². The molecule has 0 aromatic rings. The van der Waals surface area contributed by atoms with E-state index in [1.165, 1.54) is 0 Å². The lowest BCUT2D eigenvalue weighted by Crippen LogP contribution is -2.62. The summed E-state index contributed by atoms with van der Waals surface area (Å²) in [7, 11) is 0. The van der Waals surface area contributed by atoms with Crippen molar-refractivity contribution in [2.45, 2.75) is 319 Å². The third-order valence-corrected chi connectivity index (χ3v) is 22.6. The maximum Gasteiger partial charge on any atom is 0.308 e. The van der Waals surface area contributed by atoms with Crippen LogP contribution >= 0.6 is 0 Å². The summed E-state index contributed by atoms with van der Waals surface area (Å²) in [4.78, 5) is 14.6. The minimum Gasteiger partial charge on any atom is -0.459 e. The molecule has 0 amide bonds. The van der Waals surface area contributed by atoms with Crippen LogP contribution in [0, 0.1) is 23.7 Å². The molecule has 17 saturated heterocycles. The lowest BCUT2D eigenvalue weighted by Gasteiger charge is -2.54. The first-order valence-electron chi connectivity index (χ1n) is 31.4. The van der Waals surface area contributed by atoms with Gasteiger partial charge in [0.05, 0.1) is 129 Å². The number of rotatable bonds is 2. The maximum atomic E-state index is 14.6. The largest absolute Gasteiger partial charge is 0.459 e. The number of esters is 1. The molecule has 80 heavy (non-hydrogen) atoms. The molecule has 0 aliphatic carbocycles. The SMILES string of the molecule is C=C1C[C@@H]2CC[C@@]34C[C@@H]5O[C@H]6[C@@H](O3)[C@H]3O[C@H](CC[C@@H]3O[C@H]6[C@@H]5O4)CC(=O)O[C@@H]3[C@@H](C)[C@@H]4O[C@@H]5C[C@@]6(C[C@@H]7O[C@]8(C[C@H](C)[C@@H]9O[C@@H]%10CC(C(O)CO)O[C@@H]%10C[C@@H]9O8)C[C@H](C)[C@@H]7O6)O[C@@H]5C[C@@H]4O[C@H]3C[C@H]3O[C@@H](CC[C@@H]1O2)C[C@@H](C)C3=C. The lowest BCUT2D eigenvalue weighted by molar-refractivity contribution is -0.369. The van der Waals surface area contributed by atoms with Gasteiger partial charge >= 0.3 is 5.97 Å². The van der Waals surface area contributed by atoms with Crippen molar-refractivity contribution in [2.75, 3.05) is 6.61 Å². The molecule has 33 atom stereocenters. The van der Waals surface area contributed by atoms with Crippen LogP contribution < -0.4 is 0 Å². The Balaban J connectivity index is 0.628. The molecule has 17 heterocycles. The van der Waals surface area contributed by atoms with Crippen LogP contribution in [0.3, 0.4) is 0 Å². The average Bonchev–Trinajstić information content (AvgIpc) is 3.61. The summed E-state index contributed by atoms with van der Waals surface area (Å²) in [5.74, 6) is -2.60. The first-order chi connectivity index (χ1) is 38.6. The van der Waals surface area contributed by atoms with Gasteiger partial charge in [0.25, 0.3) is 0 Å². The molecule has 17 fully saturated rings. The number of aliphatic hydroxyl groups is 2. The number of hydrogen-bond acceptors (Lipinski definition) is 19. The van der Waals surface area contributed by atoms with E-state index in [2.05, 4.69) is 40.9 Å². The summed E-state index contributed by atoms with van der Waals surface area (Å²) in [6.45, 7) is 17.6. The Morgan fingerprint density at radius 3 is 1.99 bits per heavy atom. The van der Waals surface area contributed by atoms with Gasteiger partial charge in [-0.25, -0.2) is 0 Å². The predicted octanol–water partition coefficient (Wildman–Crippen LogP) is 5.33. The summed E-state index contributed by atoms with van der Waals surface area (Å²) < 4.78 is 110. The Hall–Kier alpha value is -1.73. The fraction of sp³-hybridized carbons (Fsp3) is 0.918. The monoisotopic (exact) mass is 1120 g/mol. The summed E-state index contributed by atoms with van der Waals surface area (Å²) in [6, 6.07) is 0. The van der Waals surface area contributed by atoms with Gasteiger partial charge in [-0.15, -0.1) is 0 Å². The molecule has 444 valence electrons. The van der Waals surface area contributed by atoms with Crippen molar-refractivity contribution in [1.82, 2.24) is 0 Å². The van der Waals surface area contributed by atoms with E-state index < -0.39 is 60.1 Å². The van der Waals surface area contributed by atoms with E-state index in [9.17, 15) is 15.0 Å². The Bertz CT molecular complexity index is 2410. The van der Waals surface area contributed by atoms with Crippen LogP contribution in [0.5, 0.6) is 0 Å². The van der Waals surface area contributed by atoms with E-state index in [1.54, 1.807) is 0 Å². The van der Waals surface area contributed by atoms with Crippen LogP contribution in [-0.2, 0) is 80.6 Å². The van der Waals surface area contributed by atoms with Gasteiger partial charge in [-0.2, -0.15) is 0 Å². The molecule has 19 nitrogen and oxygen atoms in total. The van der Waals surface area contributed by atoms with Crippen molar-refractivity contribution < 1.29 is 90.8 Å². The van der Waals surface area contributed by atoms with E-state index in [1.807, 2.05) is 0 Å². The van der Waals surface area contributed by atoms with Crippen molar-refractivity contribution in [1.29, 1.82) is 0 Å². The van der Waals surface area contributed by atoms with Gasteiger partial charge < -0.3 is 86.0 Å². The summed E-state index contributed by atoms with van der Waals surface area (Å²) >= 11 is 0. The minimum atomic E-state index is -0.941. The molecule has 0 aromatic carbocycles. The van der Waals surface area contributed by atoms with Gasteiger partial charge in [0.15, 0.2) is 17.4 Å². The number of aliphatic hydroxyl groups excluding tert-OH is 2. The molecular weight excluding hydrogens is 1040 g/mol. The second-order valence-electron chi connectivity index (χ2n) is 28.1. The van der Waals surface area contributed by atoms with Gasteiger partial charge in [-0.05, 0) is 73.8 Å². The highest BCUT2D eigenvalue weighted by Crippen LogP contribution is 2.58.